The minimum atomic E-state index is 0.0541. The molecule has 4 nitrogen and oxygen atoms in total. The van der Waals surface area contributed by atoms with Crippen molar-refractivity contribution in [2.45, 2.75) is 25.8 Å². The molecule has 0 saturated carbocycles. The Morgan fingerprint density at radius 1 is 1.11 bits per heavy atom. The van der Waals surface area contributed by atoms with Gasteiger partial charge in [-0.3, -0.25) is 9.69 Å². The molecule has 3 aromatic rings. The highest BCUT2D eigenvalue weighted by molar-refractivity contribution is 7.12. The SMILES string of the molecule is Cc1cccc(-c2cccc(N(C(=O)c3cccs3)C3CCN(C)CC3)n2)c1. The number of anilines is 1. The number of carbonyl (C=O) groups excluding carboxylic acids is 1. The number of likely N-dealkylation sites (tertiary alicyclic amines) is 1. The molecule has 0 unspecified atom stereocenters. The van der Waals surface area contributed by atoms with E-state index < -0.39 is 0 Å². The van der Waals surface area contributed by atoms with Crippen molar-refractivity contribution < 1.29 is 4.79 Å². The van der Waals surface area contributed by atoms with Gasteiger partial charge in [-0.05, 0) is 69.5 Å². The summed E-state index contributed by atoms with van der Waals surface area (Å²) < 4.78 is 0. The van der Waals surface area contributed by atoms with Gasteiger partial charge in [0.05, 0.1) is 10.6 Å². The molecule has 0 spiro atoms. The topological polar surface area (TPSA) is 36.4 Å². The Hall–Kier alpha value is -2.50. The molecule has 1 aromatic carbocycles. The summed E-state index contributed by atoms with van der Waals surface area (Å²) in [6.07, 6.45) is 1.92. The molecule has 1 aliphatic heterocycles. The van der Waals surface area contributed by atoms with E-state index in [0.717, 1.165) is 47.9 Å². The summed E-state index contributed by atoms with van der Waals surface area (Å²) in [5.74, 6) is 0.797. The first-order chi connectivity index (χ1) is 13.6. The molecular weight excluding hydrogens is 366 g/mol. The van der Waals surface area contributed by atoms with Gasteiger partial charge >= 0.3 is 0 Å². The Kier molecular flexibility index (Phi) is 5.55. The van der Waals surface area contributed by atoms with Gasteiger partial charge in [-0.25, -0.2) is 4.98 Å². The van der Waals surface area contributed by atoms with Crippen molar-refractivity contribution in [3.8, 4) is 11.3 Å². The summed E-state index contributed by atoms with van der Waals surface area (Å²) in [4.78, 5) is 23.3. The van der Waals surface area contributed by atoms with E-state index in [4.69, 9.17) is 4.98 Å². The fourth-order valence-corrected chi connectivity index (χ4v) is 4.41. The van der Waals surface area contributed by atoms with Crippen LogP contribution in [0.2, 0.25) is 0 Å². The second kappa shape index (κ2) is 8.25. The third-order valence-corrected chi connectivity index (χ3v) is 6.16. The van der Waals surface area contributed by atoms with Crippen LogP contribution in [-0.2, 0) is 0 Å². The van der Waals surface area contributed by atoms with Gasteiger partial charge in [0.1, 0.15) is 5.82 Å². The molecule has 4 rings (SSSR count). The lowest BCUT2D eigenvalue weighted by molar-refractivity contribution is 0.0966. The van der Waals surface area contributed by atoms with Crippen LogP contribution in [-0.4, -0.2) is 42.0 Å². The van der Waals surface area contributed by atoms with Gasteiger partial charge in [-0.15, -0.1) is 11.3 Å². The summed E-state index contributed by atoms with van der Waals surface area (Å²) in [5, 5.41) is 1.96. The van der Waals surface area contributed by atoms with E-state index >= 15 is 0 Å². The highest BCUT2D eigenvalue weighted by atomic mass is 32.1. The normalized spacial score (nSPS) is 15.5. The molecule has 2 aromatic heterocycles. The molecule has 1 amide bonds. The van der Waals surface area contributed by atoms with Gasteiger partial charge in [0.25, 0.3) is 5.91 Å². The van der Waals surface area contributed by atoms with Crippen LogP contribution in [0.4, 0.5) is 5.82 Å². The van der Waals surface area contributed by atoms with Crippen molar-refractivity contribution >= 4 is 23.1 Å². The van der Waals surface area contributed by atoms with Crippen LogP contribution in [0.1, 0.15) is 28.1 Å². The van der Waals surface area contributed by atoms with Crippen molar-refractivity contribution in [3.05, 3.63) is 70.4 Å². The predicted molar refractivity (Wildman–Crippen MR) is 116 cm³/mol. The number of piperidine rings is 1. The van der Waals surface area contributed by atoms with Crippen molar-refractivity contribution in [1.82, 2.24) is 9.88 Å². The number of nitrogens with zero attached hydrogens (tertiary/aromatic N) is 3. The van der Waals surface area contributed by atoms with E-state index in [9.17, 15) is 4.79 Å². The van der Waals surface area contributed by atoms with Gasteiger partial charge < -0.3 is 4.90 Å². The molecule has 0 aliphatic carbocycles. The molecule has 3 heterocycles. The molecule has 1 fully saturated rings. The van der Waals surface area contributed by atoms with Crippen molar-refractivity contribution in [3.63, 3.8) is 0 Å². The monoisotopic (exact) mass is 391 g/mol. The highest BCUT2D eigenvalue weighted by Crippen LogP contribution is 2.28. The van der Waals surface area contributed by atoms with Gasteiger partial charge in [0, 0.05) is 11.6 Å². The molecule has 144 valence electrons. The fourth-order valence-electron chi connectivity index (χ4n) is 3.75. The number of rotatable bonds is 4. The second-order valence-electron chi connectivity index (χ2n) is 7.44. The van der Waals surface area contributed by atoms with Crippen LogP contribution < -0.4 is 4.90 Å². The Morgan fingerprint density at radius 2 is 1.89 bits per heavy atom. The van der Waals surface area contributed by atoms with E-state index in [-0.39, 0.29) is 11.9 Å². The zero-order valence-electron chi connectivity index (χ0n) is 16.3. The lowest BCUT2D eigenvalue weighted by atomic mass is 10.0. The van der Waals surface area contributed by atoms with Crippen molar-refractivity contribution in [2.24, 2.45) is 0 Å². The number of aryl methyl sites for hydroxylation is 1. The van der Waals surface area contributed by atoms with Crippen LogP contribution in [0.15, 0.2) is 60.0 Å². The molecular formula is C23H25N3OS. The maximum absolute atomic E-state index is 13.4. The average Bonchev–Trinajstić information content (AvgIpc) is 3.25. The number of pyridine rings is 1. The Balaban J connectivity index is 1.72. The maximum Gasteiger partial charge on any atom is 0.269 e. The average molecular weight is 392 g/mol. The summed E-state index contributed by atoms with van der Waals surface area (Å²) in [6.45, 7) is 4.07. The van der Waals surface area contributed by atoms with Crippen molar-refractivity contribution in [2.75, 3.05) is 25.0 Å². The first kappa shape index (κ1) is 18.8. The Morgan fingerprint density at radius 3 is 2.61 bits per heavy atom. The van der Waals surface area contributed by atoms with Crippen LogP contribution in [0.3, 0.4) is 0 Å². The standard InChI is InChI=1S/C23H25N3OS/c1-17-6-3-7-18(16-17)20-8-4-10-22(24-20)26(19-11-13-25(2)14-12-19)23(27)21-9-5-15-28-21/h3-10,15-16,19H,11-14H2,1-2H3. The number of amides is 1. The molecule has 0 radical (unpaired) electrons. The second-order valence-corrected chi connectivity index (χ2v) is 8.39. The van der Waals surface area contributed by atoms with E-state index in [1.807, 2.05) is 46.7 Å². The zero-order valence-corrected chi connectivity index (χ0v) is 17.2. The summed E-state index contributed by atoms with van der Waals surface area (Å²) in [5.41, 5.74) is 3.18. The number of thiophene rings is 1. The molecule has 0 N–H and O–H groups in total. The molecule has 1 aliphatic rings. The number of aromatic nitrogens is 1. The van der Waals surface area contributed by atoms with Gasteiger partial charge in [-0.2, -0.15) is 0 Å². The van der Waals surface area contributed by atoms with Gasteiger partial charge in [-0.1, -0.05) is 35.9 Å². The van der Waals surface area contributed by atoms with E-state index in [2.05, 4.69) is 37.1 Å². The first-order valence-corrected chi connectivity index (χ1v) is 10.6. The van der Waals surface area contributed by atoms with Crippen LogP contribution >= 0.6 is 11.3 Å². The lowest BCUT2D eigenvalue weighted by Crippen LogP contribution is -2.47. The fraction of sp³-hybridized carbons (Fsp3) is 0.304. The first-order valence-electron chi connectivity index (χ1n) is 9.71. The lowest BCUT2D eigenvalue weighted by Gasteiger charge is -2.36. The van der Waals surface area contributed by atoms with E-state index in [1.54, 1.807) is 0 Å². The maximum atomic E-state index is 13.4. The van der Waals surface area contributed by atoms with E-state index in [0.29, 0.717) is 0 Å². The molecule has 0 atom stereocenters. The van der Waals surface area contributed by atoms with Crippen LogP contribution in [0.25, 0.3) is 11.3 Å². The quantitative estimate of drug-likeness (QED) is 0.637. The molecule has 1 saturated heterocycles. The summed E-state index contributed by atoms with van der Waals surface area (Å²) >= 11 is 1.49. The number of hydrogen-bond donors (Lipinski definition) is 0. The van der Waals surface area contributed by atoms with Crippen LogP contribution in [0.5, 0.6) is 0 Å². The number of benzene rings is 1. The highest BCUT2D eigenvalue weighted by Gasteiger charge is 2.30. The molecule has 28 heavy (non-hydrogen) atoms. The van der Waals surface area contributed by atoms with Crippen LogP contribution in [0, 0.1) is 6.92 Å². The molecule has 0 bridgehead atoms. The zero-order chi connectivity index (χ0) is 19.5. The largest absolute Gasteiger partial charge is 0.306 e. The van der Waals surface area contributed by atoms with Gasteiger partial charge in [0.15, 0.2) is 0 Å². The summed E-state index contributed by atoms with van der Waals surface area (Å²) in [7, 11) is 2.14. The number of carbonyl (C=O) groups is 1. The Labute approximate surface area is 170 Å². The number of hydrogen-bond acceptors (Lipinski definition) is 4. The smallest absolute Gasteiger partial charge is 0.269 e. The third-order valence-electron chi connectivity index (χ3n) is 5.30. The minimum absolute atomic E-state index is 0.0541. The predicted octanol–water partition coefficient (Wildman–Crippen LogP) is 4.86. The van der Waals surface area contributed by atoms with Gasteiger partial charge in [0.2, 0.25) is 0 Å². The minimum Gasteiger partial charge on any atom is -0.306 e. The Bertz CT molecular complexity index is 946. The third kappa shape index (κ3) is 4.01. The van der Waals surface area contributed by atoms with E-state index in [1.165, 1.54) is 16.9 Å². The summed E-state index contributed by atoms with van der Waals surface area (Å²) in [6, 6.07) is 18.3. The molecule has 5 heteroatoms. The van der Waals surface area contributed by atoms with Crippen molar-refractivity contribution in [1.29, 1.82) is 0 Å².